The maximum Gasteiger partial charge on any atom is 0.219 e. The van der Waals surface area contributed by atoms with Gasteiger partial charge in [0.05, 0.1) is 25.2 Å². The molecule has 124 valence electrons. The van der Waals surface area contributed by atoms with Crippen molar-refractivity contribution in [3.63, 3.8) is 0 Å². The van der Waals surface area contributed by atoms with Crippen molar-refractivity contribution in [3.05, 3.63) is 66.6 Å². The minimum absolute atomic E-state index is 0.493. The Balaban J connectivity index is 1.60. The highest BCUT2D eigenvalue weighted by Gasteiger charge is 2.10. The minimum atomic E-state index is 0.493. The molecule has 4 aromatic rings. The van der Waals surface area contributed by atoms with Crippen LogP contribution in [0.5, 0.6) is 17.4 Å². The Morgan fingerprint density at radius 2 is 1.88 bits per heavy atom. The number of pyridine rings is 1. The van der Waals surface area contributed by atoms with Gasteiger partial charge in [0.1, 0.15) is 5.82 Å². The Hall–Kier alpha value is -3.19. The summed E-state index contributed by atoms with van der Waals surface area (Å²) in [7, 11) is 1.61. The molecule has 0 fully saturated rings. The first-order chi connectivity index (χ1) is 12.3. The van der Waals surface area contributed by atoms with E-state index in [-0.39, 0.29) is 0 Å². The molecule has 25 heavy (non-hydrogen) atoms. The van der Waals surface area contributed by atoms with Crippen molar-refractivity contribution in [2.45, 2.75) is 0 Å². The van der Waals surface area contributed by atoms with Gasteiger partial charge in [-0.25, -0.2) is 14.3 Å². The minimum Gasteiger partial charge on any atom is -0.493 e. The lowest BCUT2D eigenvalue weighted by Gasteiger charge is -2.10. The van der Waals surface area contributed by atoms with Crippen LogP contribution in [0.1, 0.15) is 0 Å². The van der Waals surface area contributed by atoms with Crippen molar-refractivity contribution < 1.29 is 9.47 Å². The quantitative estimate of drug-likeness (QED) is 0.540. The summed E-state index contributed by atoms with van der Waals surface area (Å²) in [5.74, 6) is 2.61. The van der Waals surface area contributed by atoms with Crippen LogP contribution in [0, 0.1) is 0 Å². The van der Waals surface area contributed by atoms with E-state index in [2.05, 4.69) is 14.3 Å². The van der Waals surface area contributed by atoms with E-state index in [0.29, 0.717) is 17.4 Å². The summed E-state index contributed by atoms with van der Waals surface area (Å²) in [5, 5.41) is 1.96. The smallest absolute Gasteiger partial charge is 0.219 e. The number of hydrogen-bond acceptors (Lipinski definition) is 6. The fourth-order valence-corrected chi connectivity index (χ4v) is 2.95. The Bertz CT molecular complexity index is 965. The van der Waals surface area contributed by atoms with Crippen LogP contribution in [-0.4, -0.2) is 26.0 Å². The van der Waals surface area contributed by atoms with E-state index < -0.39 is 0 Å². The summed E-state index contributed by atoms with van der Waals surface area (Å²) in [5.41, 5.74) is 1.87. The molecule has 0 radical (unpaired) electrons. The number of hydrogen-bond donors (Lipinski definition) is 0. The fraction of sp³-hybridized carbons (Fsp3) is 0.0556. The highest BCUT2D eigenvalue weighted by molar-refractivity contribution is 7.03. The average Bonchev–Trinajstić information content (AvgIpc) is 3.34. The molecule has 4 rings (SSSR count). The van der Waals surface area contributed by atoms with Gasteiger partial charge in [0, 0.05) is 29.4 Å². The van der Waals surface area contributed by atoms with Gasteiger partial charge in [-0.15, -0.1) is 0 Å². The number of para-hydroxylation sites is 2. The molecule has 0 saturated heterocycles. The molecule has 0 bridgehead atoms. The Morgan fingerprint density at radius 1 is 1.00 bits per heavy atom. The van der Waals surface area contributed by atoms with Crippen molar-refractivity contribution >= 4 is 11.5 Å². The van der Waals surface area contributed by atoms with Crippen LogP contribution in [0.2, 0.25) is 0 Å². The first-order valence-electron chi connectivity index (χ1n) is 7.55. The van der Waals surface area contributed by atoms with Gasteiger partial charge in [0.15, 0.2) is 11.5 Å². The van der Waals surface area contributed by atoms with Crippen LogP contribution in [0.3, 0.4) is 0 Å². The SMILES string of the molecule is COc1ccccc1Oc1ccc(-n2ccnc2-c2cnsc2)cn1. The summed E-state index contributed by atoms with van der Waals surface area (Å²) < 4.78 is 17.2. The summed E-state index contributed by atoms with van der Waals surface area (Å²) in [6, 6.07) is 11.2. The standard InChI is InChI=1S/C18H14N4O2S/c1-23-15-4-2-3-5-16(15)24-17-7-6-14(11-20-17)22-9-8-19-18(22)13-10-21-25-12-13/h2-12H,1H3. The molecule has 6 nitrogen and oxygen atoms in total. The second-order valence-electron chi connectivity index (χ2n) is 5.14. The number of ether oxygens (including phenoxy) is 2. The first kappa shape index (κ1) is 15.3. The topological polar surface area (TPSA) is 62.1 Å². The lowest BCUT2D eigenvalue weighted by molar-refractivity contribution is 0.374. The molecule has 1 aromatic carbocycles. The van der Waals surface area contributed by atoms with Crippen LogP contribution in [0.15, 0.2) is 66.6 Å². The van der Waals surface area contributed by atoms with E-state index >= 15 is 0 Å². The maximum atomic E-state index is 5.81. The van der Waals surface area contributed by atoms with Crippen LogP contribution in [-0.2, 0) is 0 Å². The van der Waals surface area contributed by atoms with Crippen molar-refractivity contribution in [1.29, 1.82) is 0 Å². The monoisotopic (exact) mass is 350 g/mol. The second-order valence-corrected chi connectivity index (χ2v) is 5.80. The molecule has 0 aliphatic rings. The summed E-state index contributed by atoms with van der Waals surface area (Å²) in [6.07, 6.45) is 7.20. The molecule has 3 aromatic heterocycles. The third-order valence-electron chi connectivity index (χ3n) is 3.61. The Kier molecular flexibility index (Phi) is 4.14. The molecule has 0 atom stereocenters. The fourth-order valence-electron chi connectivity index (χ4n) is 2.43. The Labute approximate surface area is 148 Å². The molecule has 0 amide bonds. The highest BCUT2D eigenvalue weighted by atomic mass is 32.1. The van der Waals surface area contributed by atoms with Gasteiger partial charge in [-0.2, -0.15) is 0 Å². The zero-order valence-corrected chi connectivity index (χ0v) is 14.2. The molecular formula is C18H14N4O2S. The van der Waals surface area contributed by atoms with E-state index in [4.69, 9.17) is 9.47 Å². The van der Waals surface area contributed by atoms with Crippen LogP contribution in [0.4, 0.5) is 0 Å². The van der Waals surface area contributed by atoms with Crippen LogP contribution >= 0.6 is 11.5 Å². The predicted octanol–water partition coefficient (Wildman–Crippen LogP) is 4.19. The number of rotatable bonds is 5. The van der Waals surface area contributed by atoms with E-state index in [0.717, 1.165) is 17.1 Å². The van der Waals surface area contributed by atoms with Crippen molar-refractivity contribution in [3.8, 4) is 34.5 Å². The molecule has 0 aliphatic carbocycles. The average molecular weight is 350 g/mol. The molecule has 0 aliphatic heterocycles. The Morgan fingerprint density at radius 3 is 2.60 bits per heavy atom. The van der Waals surface area contributed by atoms with E-state index in [1.54, 1.807) is 25.7 Å². The van der Waals surface area contributed by atoms with Crippen molar-refractivity contribution in [2.24, 2.45) is 0 Å². The van der Waals surface area contributed by atoms with E-state index in [9.17, 15) is 0 Å². The van der Waals surface area contributed by atoms with Gasteiger partial charge >= 0.3 is 0 Å². The highest BCUT2D eigenvalue weighted by Crippen LogP contribution is 2.30. The van der Waals surface area contributed by atoms with Gasteiger partial charge in [-0.1, -0.05) is 12.1 Å². The summed E-state index contributed by atoms with van der Waals surface area (Å²) in [6.45, 7) is 0. The zero-order chi connectivity index (χ0) is 17.1. The lowest BCUT2D eigenvalue weighted by atomic mass is 10.3. The normalized spacial score (nSPS) is 10.6. The molecule has 0 saturated carbocycles. The maximum absolute atomic E-state index is 5.81. The molecule has 0 spiro atoms. The van der Waals surface area contributed by atoms with Crippen LogP contribution < -0.4 is 9.47 Å². The van der Waals surface area contributed by atoms with E-state index in [1.165, 1.54) is 11.5 Å². The number of imidazole rings is 1. The molecule has 0 N–H and O–H groups in total. The van der Waals surface area contributed by atoms with Gasteiger partial charge in [-0.05, 0) is 29.7 Å². The summed E-state index contributed by atoms with van der Waals surface area (Å²) in [4.78, 5) is 8.79. The zero-order valence-electron chi connectivity index (χ0n) is 13.4. The lowest BCUT2D eigenvalue weighted by Crippen LogP contribution is -1.97. The van der Waals surface area contributed by atoms with Gasteiger partial charge < -0.3 is 9.47 Å². The van der Waals surface area contributed by atoms with E-state index in [1.807, 2.05) is 52.5 Å². The number of benzene rings is 1. The summed E-state index contributed by atoms with van der Waals surface area (Å²) >= 11 is 1.40. The number of methoxy groups -OCH3 is 1. The third kappa shape index (κ3) is 3.09. The largest absolute Gasteiger partial charge is 0.493 e. The van der Waals surface area contributed by atoms with Gasteiger partial charge in [0.2, 0.25) is 5.88 Å². The van der Waals surface area contributed by atoms with Crippen LogP contribution in [0.25, 0.3) is 17.1 Å². The van der Waals surface area contributed by atoms with Crippen molar-refractivity contribution in [1.82, 2.24) is 18.9 Å². The molecule has 3 heterocycles. The third-order valence-corrected chi connectivity index (χ3v) is 4.20. The van der Waals surface area contributed by atoms with Gasteiger partial charge in [-0.3, -0.25) is 4.57 Å². The molecular weight excluding hydrogens is 336 g/mol. The molecule has 0 unspecified atom stereocenters. The molecule has 7 heteroatoms. The number of nitrogens with zero attached hydrogens (tertiary/aromatic N) is 4. The van der Waals surface area contributed by atoms with Gasteiger partial charge in [0.25, 0.3) is 0 Å². The number of aromatic nitrogens is 4. The second kappa shape index (κ2) is 6.74. The van der Waals surface area contributed by atoms with Crippen molar-refractivity contribution in [2.75, 3.05) is 7.11 Å². The first-order valence-corrected chi connectivity index (χ1v) is 8.39. The predicted molar refractivity (Wildman–Crippen MR) is 95.5 cm³/mol.